The van der Waals surface area contributed by atoms with Crippen LogP contribution in [0.25, 0.3) is 11.1 Å². The van der Waals surface area contributed by atoms with Crippen LogP contribution < -0.4 is 16.0 Å². The maximum atomic E-state index is 14.7. The summed E-state index contributed by atoms with van der Waals surface area (Å²) in [6.07, 6.45) is 1.02. The molecule has 12 nitrogen and oxygen atoms in total. The van der Waals surface area contributed by atoms with Gasteiger partial charge in [0.05, 0.1) is 5.60 Å². The summed E-state index contributed by atoms with van der Waals surface area (Å²) < 4.78 is 5.49. The van der Waals surface area contributed by atoms with Crippen molar-refractivity contribution in [1.29, 1.82) is 0 Å². The number of alkyl carbamates (subject to hydrolysis) is 1. The number of aliphatic hydroxyl groups is 1. The number of ether oxygens (including phenoxy) is 1. The summed E-state index contributed by atoms with van der Waals surface area (Å²) in [6, 6.07) is 42.2. The van der Waals surface area contributed by atoms with Crippen molar-refractivity contribution >= 4 is 29.8 Å². The minimum Gasteiger partial charge on any atom is -0.479 e. The molecule has 4 amide bonds. The lowest BCUT2D eigenvalue weighted by Crippen LogP contribution is -2.63. The van der Waals surface area contributed by atoms with Crippen LogP contribution in [0.2, 0.25) is 0 Å². The van der Waals surface area contributed by atoms with E-state index in [-0.39, 0.29) is 38.1 Å². The first kappa shape index (κ1) is 51.2. The molecule has 0 bridgehead atoms. The quantitative estimate of drug-likeness (QED) is 0.0406. The molecule has 67 heavy (non-hydrogen) atoms. The Morgan fingerprint density at radius 3 is 1.69 bits per heavy atom. The molecular formula is C55H66N4O8. The molecule has 0 aliphatic carbocycles. The first-order valence-electron chi connectivity index (χ1n) is 23.1. The molecule has 5 N–H and O–H groups in total. The number of amides is 4. The van der Waals surface area contributed by atoms with Crippen molar-refractivity contribution in [1.82, 2.24) is 20.9 Å². The van der Waals surface area contributed by atoms with Crippen molar-refractivity contribution in [3.05, 3.63) is 168 Å². The van der Waals surface area contributed by atoms with Gasteiger partial charge in [-0.2, -0.15) is 0 Å². The lowest BCUT2D eigenvalue weighted by molar-refractivity contribution is -0.165. The summed E-state index contributed by atoms with van der Waals surface area (Å²) in [7, 11) is 0. The lowest BCUT2D eigenvalue weighted by Gasteiger charge is -2.45. The average Bonchev–Trinajstić information content (AvgIpc) is 3.30. The Balaban J connectivity index is 1.48. The number of carboxylic acids is 1. The molecule has 12 heteroatoms. The highest BCUT2D eigenvalue weighted by Crippen LogP contribution is 2.36. The van der Waals surface area contributed by atoms with Crippen molar-refractivity contribution in [3.8, 4) is 11.1 Å². The van der Waals surface area contributed by atoms with Gasteiger partial charge >= 0.3 is 12.1 Å². The third-order valence-electron chi connectivity index (χ3n) is 11.5. The average molecular weight is 911 g/mol. The van der Waals surface area contributed by atoms with Gasteiger partial charge in [-0.25, -0.2) is 9.59 Å². The van der Waals surface area contributed by atoms with Gasteiger partial charge < -0.3 is 35.8 Å². The molecule has 0 spiro atoms. The van der Waals surface area contributed by atoms with Gasteiger partial charge in [0.2, 0.25) is 17.7 Å². The number of hydrogen-bond acceptors (Lipinski definition) is 7. The summed E-state index contributed by atoms with van der Waals surface area (Å²) in [6.45, 7) is 8.11. The van der Waals surface area contributed by atoms with Gasteiger partial charge in [-0.1, -0.05) is 165 Å². The first-order chi connectivity index (χ1) is 32.0. The third kappa shape index (κ3) is 15.7. The number of nitrogens with one attached hydrogen (secondary N) is 3. The maximum absolute atomic E-state index is 14.7. The van der Waals surface area contributed by atoms with E-state index in [2.05, 4.69) is 16.0 Å². The molecule has 5 aromatic rings. The number of carbonyl (C=O) groups excluding carboxylic acids is 4. The summed E-state index contributed by atoms with van der Waals surface area (Å²) in [4.78, 5) is 71.8. The summed E-state index contributed by atoms with van der Waals surface area (Å²) in [5.74, 6) is -2.97. The third-order valence-corrected chi connectivity index (χ3v) is 11.5. The smallest absolute Gasteiger partial charge is 0.408 e. The fourth-order valence-electron chi connectivity index (χ4n) is 8.25. The molecular weight excluding hydrogens is 845 g/mol. The van der Waals surface area contributed by atoms with Crippen LogP contribution in [0.15, 0.2) is 146 Å². The highest BCUT2D eigenvalue weighted by atomic mass is 16.6. The van der Waals surface area contributed by atoms with Crippen LogP contribution in [-0.2, 0) is 49.7 Å². The summed E-state index contributed by atoms with van der Waals surface area (Å²) in [5, 5.41) is 32.3. The SMILES string of the molecule is CCCCCC(=O)N(Cc1ccccc1-c1ccccc1)[C@](Cc1ccccc1)(C[C@](C)(O)CNC(=O)C(Cc1ccccc1)NC(=O)C(Cc1ccccc1)NC(=O)OC(C)(C)C)C(=O)O. The highest BCUT2D eigenvalue weighted by Gasteiger charge is 2.51. The zero-order valence-electron chi connectivity index (χ0n) is 39.4. The fourth-order valence-corrected chi connectivity index (χ4v) is 8.25. The van der Waals surface area contributed by atoms with E-state index >= 15 is 0 Å². The van der Waals surface area contributed by atoms with Gasteiger partial charge in [0.25, 0.3) is 0 Å². The number of carboxylic acid groups (broad SMARTS) is 1. The topological polar surface area (TPSA) is 174 Å². The van der Waals surface area contributed by atoms with Crippen LogP contribution >= 0.6 is 0 Å². The Labute approximate surface area is 395 Å². The Morgan fingerprint density at radius 1 is 0.642 bits per heavy atom. The molecule has 0 saturated carbocycles. The van der Waals surface area contributed by atoms with Crippen LogP contribution in [0, 0.1) is 0 Å². The van der Waals surface area contributed by atoms with Gasteiger partial charge in [-0.15, -0.1) is 0 Å². The minimum absolute atomic E-state index is 0.0545. The second-order valence-corrected chi connectivity index (χ2v) is 18.5. The minimum atomic E-state index is -2.00. The number of rotatable bonds is 23. The molecule has 0 saturated heterocycles. The standard InChI is InChI=1S/C55H66N4O8/c1-6-7-12-33-48(60)59(37-44-31-21-22-32-45(44)43-29-19-11-20-30-43)55(51(63)64,36-42-27-17-10-18-28-42)38-54(5,66)39-56-49(61)46(34-40-23-13-8-14-24-40)57-50(62)47(35-41-25-15-9-16-26-41)58-52(65)67-53(2,3)4/h8-11,13-32,46-47,66H,6-7,12,33-39H2,1-5H3,(H,56,61)(H,57,62)(H,58,65)(H,63,64)/t46?,47?,54-,55+/m0/s1. The largest absolute Gasteiger partial charge is 0.479 e. The maximum Gasteiger partial charge on any atom is 0.408 e. The molecule has 4 atom stereocenters. The lowest BCUT2D eigenvalue weighted by atomic mass is 9.78. The summed E-state index contributed by atoms with van der Waals surface area (Å²) >= 11 is 0. The van der Waals surface area contributed by atoms with E-state index in [1.54, 1.807) is 45.0 Å². The predicted octanol–water partition coefficient (Wildman–Crippen LogP) is 8.45. The van der Waals surface area contributed by atoms with Gasteiger partial charge in [0.15, 0.2) is 0 Å². The number of hydrogen-bond donors (Lipinski definition) is 5. The number of aliphatic carboxylic acids is 1. The molecule has 0 aromatic heterocycles. The van der Waals surface area contributed by atoms with Crippen LogP contribution in [0.3, 0.4) is 0 Å². The Bertz CT molecular complexity index is 2370. The number of nitrogens with zero attached hydrogens (tertiary/aromatic N) is 1. The zero-order chi connectivity index (χ0) is 48.5. The molecule has 0 fully saturated rings. The number of carbonyl (C=O) groups is 5. The molecule has 0 radical (unpaired) electrons. The second-order valence-electron chi connectivity index (χ2n) is 18.5. The van der Waals surface area contributed by atoms with Crippen molar-refractivity contribution < 1.29 is 38.9 Å². The second kappa shape index (κ2) is 24.1. The van der Waals surface area contributed by atoms with E-state index in [1.807, 2.05) is 128 Å². The Kier molecular flexibility index (Phi) is 18.4. The van der Waals surface area contributed by atoms with E-state index in [1.165, 1.54) is 11.8 Å². The molecule has 5 aromatic carbocycles. The molecule has 5 rings (SSSR count). The predicted molar refractivity (Wildman–Crippen MR) is 261 cm³/mol. The normalized spacial score (nSPS) is 14.0. The van der Waals surface area contributed by atoms with E-state index < -0.39 is 65.7 Å². The van der Waals surface area contributed by atoms with E-state index in [0.29, 0.717) is 12.0 Å². The molecule has 0 aliphatic rings. The van der Waals surface area contributed by atoms with Crippen molar-refractivity contribution in [2.45, 2.75) is 121 Å². The monoisotopic (exact) mass is 910 g/mol. The molecule has 2 unspecified atom stereocenters. The fraction of sp³-hybridized carbons (Fsp3) is 0.364. The first-order valence-corrected chi connectivity index (χ1v) is 23.1. The van der Waals surface area contributed by atoms with Crippen molar-refractivity contribution in [3.63, 3.8) is 0 Å². The number of unbranched alkanes of at least 4 members (excludes halogenated alkanes) is 2. The molecule has 0 heterocycles. The molecule has 0 aliphatic heterocycles. The molecule has 354 valence electrons. The van der Waals surface area contributed by atoms with Gasteiger partial charge in [-0.3, -0.25) is 14.4 Å². The van der Waals surface area contributed by atoms with Gasteiger partial charge in [-0.05, 0) is 67.5 Å². The van der Waals surface area contributed by atoms with Crippen LogP contribution in [0.4, 0.5) is 4.79 Å². The summed E-state index contributed by atoms with van der Waals surface area (Å²) in [5.41, 5.74) is -0.148. The highest BCUT2D eigenvalue weighted by molar-refractivity contribution is 5.92. The Morgan fingerprint density at radius 2 is 1.15 bits per heavy atom. The number of benzene rings is 5. The van der Waals surface area contributed by atoms with Crippen LogP contribution in [0.1, 0.15) is 89.0 Å². The van der Waals surface area contributed by atoms with Crippen LogP contribution in [-0.4, -0.2) is 80.3 Å². The van der Waals surface area contributed by atoms with Gasteiger partial charge in [0.1, 0.15) is 23.2 Å². The van der Waals surface area contributed by atoms with Crippen molar-refractivity contribution in [2.24, 2.45) is 0 Å². The van der Waals surface area contributed by atoms with E-state index in [0.717, 1.165) is 40.7 Å². The Hall–Kier alpha value is -6.79. The van der Waals surface area contributed by atoms with Crippen molar-refractivity contribution in [2.75, 3.05) is 6.54 Å². The van der Waals surface area contributed by atoms with Gasteiger partial charge in [0, 0.05) is 45.2 Å². The van der Waals surface area contributed by atoms with Crippen LogP contribution in [0.5, 0.6) is 0 Å². The zero-order valence-corrected chi connectivity index (χ0v) is 39.4. The van der Waals surface area contributed by atoms with E-state index in [4.69, 9.17) is 4.74 Å². The van der Waals surface area contributed by atoms with E-state index in [9.17, 15) is 34.2 Å².